The maximum Gasteiger partial charge on any atom is 0.339 e. The first-order valence-electron chi connectivity index (χ1n) is 9.93. The molecule has 3 aromatic carbocycles. The first kappa shape index (κ1) is 21.7. The largest absolute Gasteiger partial charge is 0.339 e. The number of thiophene rings is 1. The molecule has 0 spiro atoms. The lowest BCUT2D eigenvalue weighted by Crippen LogP contribution is -2.65. The van der Waals surface area contributed by atoms with E-state index in [-0.39, 0.29) is 12.0 Å². The Morgan fingerprint density at radius 1 is 0.903 bits per heavy atom. The second-order valence-electron chi connectivity index (χ2n) is 7.36. The number of hydrogen-bond donors (Lipinski definition) is 0. The molecule has 0 aliphatic carbocycles. The third kappa shape index (κ3) is 4.16. The van der Waals surface area contributed by atoms with Crippen molar-refractivity contribution in [2.45, 2.75) is 11.5 Å². The van der Waals surface area contributed by atoms with Gasteiger partial charge in [0.15, 0.2) is 0 Å². The highest BCUT2D eigenvalue weighted by atomic mass is 35.5. The van der Waals surface area contributed by atoms with Gasteiger partial charge in [0.25, 0.3) is 0 Å². The highest BCUT2D eigenvalue weighted by molar-refractivity contribution is 7.08. The summed E-state index contributed by atoms with van der Waals surface area (Å²) in [4.78, 5) is 0. The van der Waals surface area contributed by atoms with Gasteiger partial charge in [-0.3, -0.25) is 4.11 Å². The summed E-state index contributed by atoms with van der Waals surface area (Å²) in [6, 6.07) is 25.3. The minimum absolute atomic E-state index is 0.122. The fraction of sp³-hybridized carbons (Fsp3) is 0.0769. The Morgan fingerprint density at radius 3 is 2.03 bits per heavy atom. The molecule has 5 heteroatoms. The number of benzene rings is 3. The van der Waals surface area contributed by atoms with Crippen LogP contribution < -0.4 is 15.6 Å². The van der Waals surface area contributed by atoms with Gasteiger partial charge < -0.3 is 0 Å². The fourth-order valence-corrected chi connectivity index (χ4v) is 8.08. The molecule has 0 bridgehead atoms. The molecule has 156 valence electrons. The Labute approximate surface area is 191 Å². The molecule has 0 aliphatic rings. The van der Waals surface area contributed by atoms with Crippen LogP contribution in [0.3, 0.4) is 0 Å². The van der Waals surface area contributed by atoms with E-state index >= 15 is 8.50 Å². The van der Waals surface area contributed by atoms with Crippen LogP contribution in [0.25, 0.3) is 11.1 Å². The Kier molecular flexibility index (Phi) is 6.23. The van der Waals surface area contributed by atoms with Crippen LogP contribution in [-0.2, 0) is 5.13 Å². The molecule has 1 heterocycles. The first-order valence-corrected chi connectivity index (χ1v) is 13.1. The van der Waals surface area contributed by atoms with Gasteiger partial charge in [-0.05, 0) is 49.6 Å². The first-order chi connectivity index (χ1) is 15.0. The van der Waals surface area contributed by atoms with Crippen LogP contribution in [-0.4, -0.2) is 8.41 Å². The second kappa shape index (κ2) is 8.91. The molecule has 1 unspecified atom stereocenters. The third-order valence-corrected chi connectivity index (χ3v) is 9.86. The Hall–Kier alpha value is -2.53. The van der Waals surface area contributed by atoms with Gasteiger partial charge in [-0.15, -0.1) is 6.58 Å². The molecule has 0 radical (unpaired) electrons. The molecule has 1 atom stereocenters. The zero-order valence-corrected chi connectivity index (χ0v) is 19.3. The number of alkyl halides is 2. The van der Waals surface area contributed by atoms with E-state index in [0.29, 0.717) is 15.6 Å². The van der Waals surface area contributed by atoms with E-state index in [1.807, 2.05) is 59.3 Å². The van der Waals surface area contributed by atoms with Crippen molar-refractivity contribution >= 4 is 46.9 Å². The van der Waals surface area contributed by atoms with Crippen molar-refractivity contribution in [3.8, 4) is 11.1 Å². The van der Waals surface area contributed by atoms with Gasteiger partial charge in [-0.1, -0.05) is 90.5 Å². The van der Waals surface area contributed by atoms with Crippen molar-refractivity contribution in [1.82, 2.24) is 0 Å². The summed E-state index contributed by atoms with van der Waals surface area (Å²) in [5, 5.41) is 3.10. The molecule has 0 fully saturated rings. The summed E-state index contributed by atoms with van der Waals surface area (Å²) >= 11 is 7.95. The van der Waals surface area contributed by atoms with E-state index in [1.165, 1.54) is 6.08 Å². The maximum atomic E-state index is 17.4. The standard InChI is InChI=1S/C26H21ClF2SSi/c1-2-16-26(27,28)24-18-20(21-15-17-30-19-21)13-14-25(24)31(29,22-9-5-3-6-10-22)23-11-7-4-8-12-23/h2-15,17-19H,1,16H2. The predicted octanol–water partition coefficient (Wildman–Crippen LogP) is 6.29. The van der Waals surface area contributed by atoms with Crippen LogP contribution in [0.1, 0.15) is 12.0 Å². The van der Waals surface area contributed by atoms with Gasteiger partial charge in [-0.25, -0.2) is 4.39 Å². The Morgan fingerprint density at radius 2 is 1.52 bits per heavy atom. The average Bonchev–Trinajstić information content (AvgIpc) is 3.34. The van der Waals surface area contributed by atoms with Crippen molar-refractivity contribution in [3.05, 3.63) is 114 Å². The normalized spacial score (nSPS) is 13.5. The summed E-state index contributed by atoms with van der Waals surface area (Å²) in [5.74, 6) is 0. The lowest BCUT2D eigenvalue weighted by molar-refractivity contribution is 0.289. The number of halogens is 3. The Bertz CT molecular complexity index is 1120. The van der Waals surface area contributed by atoms with Crippen LogP contribution in [0.15, 0.2) is 108 Å². The lowest BCUT2D eigenvalue weighted by atomic mass is 10.0. The highest BCUT2D eigenvalue weighted by Gasteiger charge is 2.46. The smallest absolute Gasteiger partial charge is 0.296 e. The lowest BCUT2D eigenvalue weighted by Gasteiger charge is -2.30. The van der Waals surface area contributed by atoms with Crippen LogP contribution in [0.4, 0.5) is 8.50 Å². The molecule has 4 rings (SSSR count). The predicted molar refractivity (Wildman–Crippen MR) is 132 cm³/mol. The van der Waals surface area contributed by atoms with E-state index in [2.05, 4.69) is 6.58 Å². The summed E-state index contributed by atoms with van der Waals surface area (Å²) in [7, 11) is -4.03. The molecule has 0 aliphatic heterocycles. The van der Waals surface area contributed by atoms with Gasteiger partial charge in [0.1, 0.15) is 0 Å². The van der Waals surface area contributed by atoms with E-state index < -0.39 is 13.5 Å². The van der Waals surface area contributed by atoms with E-state index in [0.717, 1.165) is 11.1 Å². The molecule has 31 heavy (non-hydrogen) atoms. The van der Waals surface area contributed by atoms with Gasteiger partial charge in [0.05, 0.1) is 0 Å². The van der Waals surface area contributed by atoms with Gasteiger partial charge in [0, 0.05) is 12.0 Å². The van der Waals surface area contributed by atoms with Crippen LogP contribution >= 0.6 is 22.9 Å². The van der Waals surface area contributed by atoms with Crippen molar-refractivity contribution in [3.63, 3.8) is 0 Å². The summed E-state index contributed by atoms with van der Waals surface area (Å²) < 4.78 is 33.2. The zero-order valence-electron chi connectivity index (χ0n) is 16.8. The number of rotatable bonds is 7. The second-order valence-corrected chi connectivity index (χ2v) is 11.7. The van der Waals surface area contributed by atoms with E-state index in [4.69, 9.17) is 11.6 Å². The van der Waals surface area contributed by atoms with Crippen molar-refractivity contribution in [2.24, 2.45) is 0 Å². The number of allylic oxidation sites excluding steroid dienone is 1. The average molecular weight is 467 g/mol. The summed E-state index contributed by atoms with van der Waals surface area (Å²) in [5.41, 5.74) is 1.93. The van der Waals surface area contributed by atoms with Gasteiger partial charge in [-0.2, -0.15) is 11.3 Å². The quantitative estimate of drug-likeness (QED) is 0.0986. The Balaban J connectivity index is 2.02. The van der Waals surface area contributed by atoms with Gasteiger partial charge >= 0.3 is 8.41 Å². The minimum atomic E-state index is -4.03. The fourth-order valence-electron chi connectivity index (χ4n) is 3.86. The number of hydrogen-bond acceptors (Lipinski definition) is 1. The third-order valence-electron chi connectivity index (χ3n) is 5.38. The summed E-state index contributed by atoms with van der Waals surface area (Å²) in [6.45, 7) is 3.65. The molecule has 4 aromatic rings. The van der Waals surface area contributed by atoms with Crippen molar-refractivity contribution < 1.29 is 8.50 Å². The van der Waals surface area contributed by atoms with Crippen LogP contribution in [0, 0.1) is 0 Å². The topological polar surface area (TPSA) is 0 Å². The molecule has 0 amide bonds. The monoisotopic (exact) mass is 466 g/mol. The molecule has 0 nitrogen and oxygen atoms in total. The van der Waals surface area contributed by atoms with Gasteiger partial charge in [0.2, 0.25) is 5.13 Å². The van der Waals surface area contributed by atoms with Crippen molar-refractivity contribution in [1.29, 1.82) is 0 Å². The highest BCUT2D eigenvalue weighted by Crippen LogP contribution is 2.37. The molecule has 0 saturated carbocycles. The molecule has 0 N–H and O–H groups in total. The molecular formula is C26H21ClF2SSi. The van der Waals surface area contributed by atoms with Crippen LogP contribution in [0.5, 0.6) is 0 Å². The zero-order chi connectivity index (χ0) is 21.9. The molecular weight excluding hydrogens is 446 g/mol. The maximum absolute atomic E-state index is 17.4. The van der Waals surface area contributed by atoms with E-state index in [1.54, 1.807) is 47.7 Å². The molecule has 0 saturated heterocycles. The van der Waals surface area contributed by atoms with Crippen LogP contribution in [0.2, 0.25) is 0 Å². The SMILES string of the molecule is C=CCC(F)(Cl)c1cc(-c2ccsc2)ccc1[Si](F)(c1ccccc1)c1ccccc1. The van der Waals surface area contributed by atoms with Crippen molar-refractivity contribution in [2.75, 3.05) is 0 Å². The minimum Gasteiger partial charge on any atom is -0.296 e. The summed E-state index contributed by atoms with van der Waals surface area (Å²) in [6.07, 6.45) is 1.31. The van der Waals surface area contributed by atoms with E-state index in [9.17, 15) is 0 Å². The molecule has 1 aromatic heterocycles.